The van der Waals surface area contributed by atoms with Crippen LogP contribution >= 0.6 is 0 Å². The second-order valence-corrected chi connectivity index (χ2v) is 3.97. The zero-order valence-electron chi connectivity index (χ0n) is 8.36. The van der Waals surface area contributed by atoms with Crippen molar-refractivity contribution in [2.24, 2.45) is 11.8 Å². The van der Waals surface area contributed by atoms with Gasteiger partial charge in [-0.1, -0.05) is 37.3 Å². The Hall–Kier alpha value is -1.15. The van der Waals surface area contributed by atoms with Gasteiger partial charge in [0.15, 0.2) is 5.78 Å². The Kier molecular flexibility index (Phi) is 2.64. The minimum absolute atomic E-state index is 0.164. The summed E-state index contributed by atoms with van der Waals surface area (Å²) in [5.41, 5.74) is 0.841. The first kappa shape index (κ1) is 9.41. The number of Topliss-reactive ketones (excluding diaryl/α,β-unsaturated/α-hetero) is 1. The van der Waals surface area contributed by atoms with E-state index >= 15 is 0 Å². The topological polar surface area (TPSA) is 29.1 Å². The van der Waals surface area contributed by atoms with Crippen molar-refractivity contribution < 1.29 is 4.79 Å². The average Bonchev–Trinajstić information content (AvgIpc) is 2.65. The average molecular weight is 189 g/mol. The summed E-state index contributed by atoms with van der Waals surface area (Å²) in [4.78, 5) is 12.0. The van der Waals surface area contributed by atoms with Crippen LogP contribution in [-0.2, 0) is 0 Å². The molecule has 1 heterocycles. The predicted molar refractivity (Wildman–Crippen MR) is 56.3 cm³/mol. The monoisotopic (exact) mass is 189 g/mol. The van der Waals surface area contributed by atoms with Gasteiger partial charge in [-0.3, -0.25) is 4.79 Å². The third kappa shape index (κ3) is 1.70. The minimum atomic E-state index is 0.164. The minimum Gasteiger partial charge on any atom is -0.316 e. The molecule has 1 aliphatic rings. The molecule has 1 aromatic rings. The van der Waals surface area contributed by atoms with Gasteiger partial charge in [-0.15, -0.1) is 0 Å². The number of rotatable bonds is 2. The molecule has 0 spiro atoms. The molecule has 1 aromatic carbocycles. The van der Waals surface area contributed by atoms with E-state index < -0.39 is 0 Å². The normalized spacial score (nSPS) is 26.4. The van der Waals surface area contributed by atoms with E-state index in [0.717, 1.165) is 18.7 Å². The summed E-state index contributed by atoms with van der Waals surface area (Å²) in [7, 11) is 0. The molecule has 74 valence electrons. The molecule has 1 N–H and O–H groups in total. The van der Waals surface area contributed by atoms with E-state index in [9.17, 15) is 4.79 Å². The lowest BCUT2D eigenvalue weighted by molar-refractivity contribution is 0.0908. The van der Waals surface area contributed by atoms with Crippen LogP contribution in [0.1, 0.15) is 17.3 Å². The lowest BCUT2D eigenvalue weighted by Gasteiger charge is -2.12. The highest BCUT2D eigenvalue weighted by atomic mass is 16.1. The van der Waals surface area contributed by atoms with Gasteiger partial charge >= 0.3 is 0 Å². The van der Waals surface area contributed by atoms with Crippen LogP contribution in [0.4, 0.5) is 0 Å². The maximum Gasteiger partial charge on any atom is 0.167 e. The standard InChI is InChI=1S/C12H15NO/c1-9-7-13-8-11(9)12(14)10-5-3-2-4-6-10/h2-6,9,11,13H,7-8H2,1H3. The smallest absolute Gasteiger partial charge is 0.167 e. The zero-order valence-corrected chi connectivity index (χ0v) is 8.36. The maximum atomic E-state index is 12.0. The van der Waals surface area contributed by atoms with E-state index in [1.807, 2.05) is 30.3 Å². The summed E-state index contributed by atoms with van der Waals surface area (Å²) in [6.07, 6.45) is 0. The molecule has 2 heteroatoms. The largest absolute Gasteiger partial charge is 0.316 e. The van der Waals surface area contributed by atoms with Crippen LogP contribution in [0.25, 0.3) is 0 Å². The van der Waals surface area contributed by atoms with Crippen molar-refractivity contribution >= 4 is 5.78 Å². The van der Waals surface area contributed by atoms with Crippen molar-refractivity contribution in [1.82, 2.24) is 5.32 Å². The van der Waals surface area contributed by atoms with Crippen LogP contribution in [0.5, 0.6) is 0 Å². The zero-order chi connectivity index (χ0) is 9.97. The first-order chi connectivity index (χ1) is 6.79. The Bertz CT molecular complexity index is 320. The molecule has 0 saturated carbocycles. The van der Waals surface area contributed by atoms with E-state index in [1.54, 1.807) is 0 Å². The van der Waals surface area contributed by atoms with Crippen LogP contribution in [0.3, 0.4) is 0 Å². The summed E-state index contributed by atoms with van der Waals surface area (Å²) in [5, 5.41) is 3.25. The van der Waals surface area contributed by atoms with Crippen molar-refractivity contribution in [3.8, 4) is 0 Å². The molecule has 0 bridgehead atoms. The van der Waals surface area contributed by atoms with Crippen LogP contribution < -0.4 is 5.32 Å². The van der Waals surface area contributed by atoms with Crippen LogP contribution in [0.15, 0.2) is 30.3 Å². The lowest BCUT2D eigenvalue weighted by atomic mass is 9.90. The van der Waals surface area contributed by atoms with Gasteiger partial charge in [0.05, 0.1) is 0 Å². The number of ketones is 1. The molecule has 2 atom stereocenters. The van der Waals surface area contributed by atoms with Crippen molar-refractivity contribution in [3.63, 3.8) is 0 Å². The number of nitrogens with one attached hydrogen (secondary N) is 1. The molecule has 1 saturated heterocycles. The number of hydrogen-bond acceptors (Lipinski definition) is 2. The molecule has 2 nitrogen and oxygen atoms in total. The van der Waals surface area contributed by atoms with Crippen molar-refractivity contribution in [2.75, 3.05) is 13.1 Å². The van der Waals surface area contributed by atoms with E-state index in [0.29, 0.717) is 5.92 Å². The molecule has 0 radical (unpaired) electrons. The number of hydrogen-bond donors (Lipinski definition) is 1. The fraction of sp³-hybridized carbons (Fsp3) is 0.417. The Balaban J connectivity index is 2.16. The summed E-state index contributed by atoms with van der Waals surface area (Å²) < 4.78 is 0. The fourth-order valence-electron chi connectivity index (χ4n) is 1.98. The Labute approximate surface area is 84.3 Å². The first-order valence-corrected chi connectivity index (χ1v) is 5.09. The Morgan fingerprint density at radius 3 is 2.57 bits per heavy atom. The second-order valence-electron chi connectivity index (χ2n) is 3.97. The molecule has 0 aromatic heterocycles. The molecular formula is C12H15NO. The van der Waals surface area contributed by atoms with Gasteiger partial charge in [-0.05, 0) is 12.5 Å². The number of benzene rings is 1. The van der Waals surface area contributed by atoms with Gasteiger partial charge in [-0.2, -0.15) is 0 Å². The van der Waals surface area contributed by atoms with Crippen LogP contribution in [-0.4, -0.2) is 18.9 Å². The molecule has 1 aliphatic heterocycles. The SMILES string of the molecule is CC1CNCC1C(=O)c1ccccc1. The van der Waals surface area contributed by atoms with Gasteiger partial charge in [0.2, 0.25) is 0 Å². The highest BCUT2D eigenvalue weighted by molar-refractivity contribution is 5.98. The van der Waals surface area contributed by atoms with Gasteiger partial charge < -0.3 is 5.32 Å². The van der Waals surface area contributed by atoms with Gasteiger partial charge in [0, 0.05) is 18.0 Å². The van der Waals surface area contributed by atoms with Crippen molar-refractivity contribution in [2.45, 2.75) is 6.92 Å². The van der Waals surface area contributed by atoms with E-state index in [1.165, 1.54) is 0 Å². The second kappa shape index (κ2) is 3.93. The fourth-order valence-corrected chi connectivity index (χ4v) is 1.98. The summed E-state index contributed by atoms with van der Waals surface area (Å²) in [6.45, 7) is 3.92. The van der Waals surface area contributed by atoms with Crippen molar-refractivity contribution in [3.05, 3.63) is 35.9 Å². The molecule has 14 heavy (non-hydrogen) atoms. The van der Waals surface area contributed by atoms with Crippen molar-refractivity contribution in [1.29, 1.82) is 0 Å². The summed E-state index contributed by atoms with van der Waals surface area (Å²) in [5.74, 6) is 0.906. The predicted octanol–water partition coefficient (Wildman–Crippen LogP) is 1.72. The van der Waals surface area contributed by atoms with Gasteiger partial charge in [0.25, 0.3) is 0 Å². The Morgan fingerprint density at radius 2 is 2.00 bits per heavy atom. The summed E-state index contributed by atoms with van der Waals surface area (Å²) >= 11 is 0. The quantitative estimate of drug-likeness (QED) is 0.718. The molecule has 2 unspecified atom stereocenters. The lowest BCUT2D eigenvalue weighted by Crippen LogP contribution is -2.21. The molecule has 1 fully saturated rings. The molecular weight excluding hydrogens is 174 g/mol. The van der Waals surface area contributed by atoms with E-state index in [4.69, 9.17) is 0 Å². The maximum absolute atomic E-state index is 12.0. The Morgan fingerprint density at radius 1 is 1.29 bits per heavy atom. The van der Waals surface area contributed by atoms with Gasteiger partial charge in [-0.25, -0.2) is 0 Å². The van der Waals surface area contributed by atoms with E-state index in [2.05, 4.69) is 12.2 Å². The first-order valence-electron chi connectivity index (χ1n) is 5.09. The van der Waals surface area contributed by atoms with E-state index in [-0.39, 0.29) is 11.7 Å². The van der Waals surface area contributed by atoms with Gasteiger partial charge in [0.1, 0.15) is 0 Å². The summed E-state index contributed by atoms with van der Waals surface area (Å²) in [6, 6.07) is 9.56. The molecule has 0 aliphatic carbocycles. The van der Waals surface area contributed by atoms with Crippen LogP contribution in [0, 0.1) is 11.8 Å². The number of carbonyl (C=O) groups excluding carboxylic acids is 1. The van der Waals surface area contributed by atoms with Crippen LogP contribution in [0.2, 0.25) is 0 Å². The molecule has 2 rings (SSSR count). The third-order valence-electron chi connectivity index (χ3n) is 2.91. The number of carbonyl (C=O) groups is 1. The highest BCUT2D eigenvalue weighted by Gasteiger charge is 2.29. The third-order valence-corrected chi connectivity index (χ3v) is 2.91. The molecule has 0 amide bonds. The highest BCUT2D eigenvalue weighted by Crippen LogP contribution is 2.20.